The van der Waals surface area contributed by atoms with Gasteiger partial charge in [-0.2, -0.15) is 5.26 Å². The van der Waals surface area contributed by atoms with Crippen LogP contribution in [0.3, 0.4) is 0 Å². The first-order valence-corrected chi connectivity index (χ1v) is 9.14. The second-order valence-electron chi connectivity index (χ2n) is 6.35. The van der Waals surface area contributed by atoms with E-state index in [2.05, 4.69) is 12.6 Å². The molecule has 142 valence electrons. The van der Waals surface area contributed by atoms with E-state index in [0.717, 1.165) is 11.1 Å². The Labute approximate surface area is 165 Å². The molecular formula is C23H22N2O3. The van der Waals surface area contributed by atoms with Crippen LogP contribution in [0.4, 0.5) is 0 Å². The van der Waals surface area contributed by atoms with Crippen molar-refractivity contribution < 1.29 is 14.3 Å². The molecule has 3 rings (SSSR count). The first-order valence-electron chi connectivity index (χ1n) is 9.14. The zero-order chi connectivity index (χ0) is 19.9. The Morgan fingerprint density at radius 3 is 2.79 bits per heavy atom. The predicted octanol–water partition coefficient (Wildman–Crippen LogP) is 3.95. The van der Waals surface area contributed by atoms with E-state index in [4.69, 9.17) is 14.7 Å². The molecule has 1 amide bonds. The van der Waals surface area contributed by atoms with Crippen molar-refractivity contribution in [2.45, 2.75) is 13.5 Å². The molecule has 0 saturated carbocycles. The summed E-state index contributed by atoms with van der Waals surface area (Å²) in [6.07, 6.45) is 3.56. The third-order valence-corrected chi connectivity index (χ3v) is 4.38. The van der Waals surface area contributed by atoms with Crippen molar-refractivity contribution in [1.82, 2.24) is 4.90 Å². The van der Waals surface area contributed by atoms with Gasteiger partial charge in [0.15, 0.2) is 11.5 Å². The molecule has 1 aliphatic rings. The molecule has 0 aliphatic carbocycles. The third-order valence-electron chi connectivity index (χ3n) is 4.38. The van der Waals surface area contributed by atoms with Crippen LogP contribution in [0.5, 0.6) is 11.5 Å². The average Bonchev–Trinajstić information content (AvgIpc) is 2.73. The number of fused-ring (bicyclic) bond motifs is 1. The van der Waals surface area contributed by atoms with Gasteiger partial charge in [0.25, 0.3) is 5.91 Å². The Morgan fingerprint density at radius 2 is 2.11 bits per heavy atom. The number of hydrogen-bond acceptors (Lipinski definition) is 4. The Bertz CT molecular complexity index is 939. The fourth-order valence-electron chi connectivity index (χ4n) is 3.06. The van der Waals surface area contributed by atoms with E-state index in [0.29, 0.717) is 42.3 Å². The monoisotopic (exact) mass is 374 g/mol. The van der Waals surface area contributed by atoms with Crippen molar-refractivity contribution in [3.63, 3.8) is 0 Å². The highest BCUT2D eigenvalue weighted by Crippen LogP contribution is 2.36. The predicted molar refractivity (Wildman–Crippen MR) is 108 cm³/mol. The summed E-state index contributed by atoms with van der Waals surface area (Å²) >= 11 is 0. The summed E-state index contributed by atoms with van der Waals surface area (Å²) in [5, 5.41) is 8.93. The molecule has 0 N–H and O–H groups in total. The molecule has 0 radical (unpaired) electrons. The molecule has 5 nitrogen and oxygen atoms in total. The van der Waals surface area contributed by atoms with E-state index in [1.165, 1.54) is 0 Å². The van der Waals surface area contributed by atoms with Crippen molar-refractivity contribution in [3.8, 4) is 17.6 Å². The molecule has 28 heavy (non-hydrogen) atoms. The van der Waals surface area contributed by atoms with Crippen LogP contribution in [0.15, 0.2) is 60.7 Å². The number of ether oxygens (including phenoxy) is 2. The Hall–Kier alpha value is -3.52. The molecular weight excluding hydrogens is 352 g/mol. The number of hydrogen-bond donors (Lipinski definition) is 0. The fraction of sp³-hybridized carbons (Fsp3) is 0.217. The van der Waals surface area contributed by atoms with Crippen molar-refractivity contribution >= 4 is 12.0 Å². The minimum atomic E-state index is -0.100. The van der Waals surface area contributed by atoms with Crippen LogP contribution in [0.25, 0.3) is 6.08 Å². The average molecular weight is 374 g/mol. The van der Waals surface area contributed by atoms with Gasteiger partial charge >= 0.3 is 0 Å². The highest BCUT2D eigenvalue weighted by molar-refractivity contribution is 5.99. The fourth-order valence-corrected chi connectivity index (χ4v) is 3.06. The second-order valence-corrected chi connectivity index (χ2v) is 6.35. The molecule has 0 aromatic heterocycles. The number of benzene rings is 2. The molecule has 0 bridgehead atoms. The largest absolute Gasteiger partial charge is 0.490 e. The smallest absolute Gasteiger partial charge is 0.253 e. The van der Waals surface area contributed by atoms with Crippen LogP contribution in [0.2, 0.25) is 0 Å². The lowest BCUT2D eigenvalue weighted by Crippen LogP contribution is -2.34. The van der Waals surface area contributed by atoms with Gasteiger partial charge in [0.05, 0.1) is 23.8 Å². The topological polar surface area (TPSA) is 62.6 Å². The highest BCUT2D eigenvalue weighted by Gasteiger charge is 2.23. The number of para-hydroxylation sites is 1. The highest BCUT2D eigenvalue weighted by atomic mass is 16.5. The first-order chi connectivity index (χ1) is 13.7. The van der Waals surface area contributed by atoms with E-state index < -0.39 is 0 Å². The van der Waals surface area contributed by atoms with Crippen LogP contribution in [-0.4, -0.2) is 30.6 Å². The summed E-state index contributed by atoms with van der Waals surface area (Å²) in [4.78, 5) is 14.8. The number of rotatable bonds is 7. The van der Waals surface area contributed by atoms with Crippen molar-refractivity contribution in [3.05, 3.63) is 77.4 Å². The zero-order valence-electron chi connectivity index (χ0n) is 15.9. The van der Waals surface area contributed by atoms with E-state index >= 15 is 0 Å². The van der Waals surface area contributed by atoms with Gasteiger partial charge < -0.3 is 14.4 Å². The molecule has 1 aliphatic heterocycles. The van der Waals surface area contributed by atoms with E-state index in [9.17, 15) is 4.79 Å². The number of carbonyl (C=O) groups is 1. The van der Waals surface area contributed by atoms with Crippen molar-refractivity contribution in [2.24, 2.45) is 0 Å². The quantitative estimate of drug-likeness (QED) is 0.689. The Morgan fingerprint density at radius 1 is 1.32 bits per heavy atom. The summed E-state index contributed by atoms with van der Waals surface area (Å²) < 4.78 is 11.4. The van der Waals surface area contributed by atoms with E-state index in [1.807, 2.05) is 43.3 Å². The van der Waals surface area contributed by atoms with Crippen LogP contribution in [0.1, 0.15) is 23.6 Å². The van der Waals surface area contributed by atoms with E-state index in [1.54, 1.807) is 23.1 Å². The molecule has 0 atom stereocenters. The molecule has 2 aromatic rings. The van der Waals surface area contributed by atoms with Gasteiger partial charge in [-0.3, -0.25) is 4.79 Å². The summed E-state index contributed by atoms with van der Waals surface area (Å²) in [5.41, 5.74) is 2.95. The number of nitrogens with zero attached hydrogens (tertiary/aromatic N) is 2. The maximum atomic E-state index is 13.1. The summed E-state index contributed by atoms with van der Waals surface area (Å²) in [7, 11) is 0. The molecule has 0 unspecified atom stereocenters. The molecule has 1 heterocycles. The SMILES string of the molecule is C=CCN(Cc1ccc(C#N)cc1)C(=O)C1=Cc2cccc(OCC)c2OC1. The standard InChI is InChI=1S/C23H22N2O3/c1-3-12-25(15-18-10-8-17(14-24)9-11-18)23(26)20-13-19-6-5-7-21(27-4-2)22(19)28-16-20/h3,5-11,13H,1,4,12,15-16H2,2H3. The van der Waals surface area contributed by atoms with Crippen LogP contribution in [0, 0.1) is 11.3 Å². The lowest BCUT2D eigenvalue weighted by Gasteiger charge is -2.25. The maximum Gasteiger partial charge on any atom is 0.253 e. The van der Waals surface area contributed by atoms with Gasteiger partial charge in [-0.1, -0.05) is 30.3 Å². The first kappa shape index (κ1) is 19.2. The molecule has 2 aromatic carbocycles. The maximum absolute atomic E-state index is 13.1. The number of carbonyl (C=O) groups excluding carboxylic acids is 1. The lowest BCUT2D eigenvalue weighted by atomic mass is 10.1. The van der Waals surface area contributed by atoms with Crippen LogP contribution < -0.4 is 9.47 Å². The number of amides is 1. The summed E-state index contributed by atoms with van der Waals surface area (Å²) in [6.45, 7) is 7.27. The van der Waals surface area contributed by atoms with Crippen molar-refractivity contribution in [1.29, 1.82) is 5.26 Å². The van der Waals surface area contributed by atoms with Gasteiger partial charge in [-0.05, 0) is 36.8 Å². The minimum absolute atomic E-state index is 0.100. The number of nitriles is 1. The summed E-state index contributed by atoms with van der Waals surface area (Å²) in [6, 6.07) is 15.0. The van der Waals surface area contributed by atoms with Gasteiger partial charge in [0, 0.05) is 18.7 Å². The normalized spacial score (nSPS) is 12.1. The van der Waals surface area contributed by atoms with Gasteiger partial charge in [0.2, 0.25) is 0 Å². The Kier molecular flexibility index (Phi) is 6.13. The Balaban J connectivity index is 1.82. The van der Waals surface area contributed by atoms with Crippen LogP contribution in [-0.2, 0) is 11.3 Å². The second kappa shape index (κ2) is 8.92. The van der Waals surface area contributed by atoms with Gasteiger partial charge in [-0.25, -0.2) is 0 Å². The molecule has 5 heteroatoms. The van der Waals surface area contributed by atoms with Gasteiger partial charge in [0.1, 0.15) is 6.61 Å². The molecule has 0 fully saturated rings. The van der Waals surface area contributed by atoms with Crippen LogP contribution >= 0.6 is 0 Å². The molecule has 0 spiro atoms. The molecule has 0 saturated heterocycles. The third kappa shape index (κ3) is 4.24. The van der Waals surface area contributed by atoms with Gasteiger partial charge in [-0.15, -0.1) is 6.58 Å². The summed E-state index contributed by atoms with van der Waals surface area (Å²) in [5.74, 6) is 1.25. The lowest BCUT2D eigenvalue weighted by molar-refractivity contribution is -0.127. The van der Waals surface area contributed by atoms with Crippen molar-refractivity contribution in [2.75, 3.05) is 19.8 Å². The zero-order valence-corrected chi connectivity index (χ0v) is 15.9. The van der Waals surface area contributed by atoms with E-state index in [-0.39, 0.29) is 12.5 Å². The minimum Gasteiger partial charge on any atom is -0.490 e.